The summed E-state index contributed by atoms with van der Waals surface area (Å²) in [7, 11) is 0. The maximum absolute atomic E-state index is 14.3. The molecule has 4 heterocycles. The molecule has 1 amide bonds. The number of pyridine rings is 3. The number of aryl methyl sites for hydroxylation is 2. The highest BCUT2D eigenvalue weighted by molar-refractivity contribution is 5.99. The van der Waals surface area contributed by atoms with E-state index in [1.807, 2.05) is 0 Å². The van der Waals surface area contributed by atoms with Gasteiger partial charge >= 0.3 is 6.18 Å². The van der Waals surface area contributed by atoms with Crippen LogP contribution in [-0.2, 0) is 12.6 Å². The molecule has 1 unspecified atom stereocenters. The molecule has 3 aromatic heterocycles. The minimum atomic E-state index is -4.51. The molecule has 0 aliphatic carbocycles. The minimum absolute atomic E-state index is 0.135. The molecule has 0 aromatic carbocycles. The Balaban J connectivity index is 1.58. The highest BCUT2D eigenvalue weighted by Gasteiger charge is 2.42. The molecule has 0 N–H and O–H groups in total. The van der Waals surface area contributed by atoms with Crippen LogP contribution in [0.5, 0.6) is 0 Å². The Morgan fingerprint density at radius 3 is 2.51 bits per heavy atom. The van der Waals surface area contributed by atoms with E-state index < -0.39 is 42.5 Å². The SMILES string of the molecule is Cc1ccc(-c2ccncc2)c(C(=O)N2CCC(F)(F)CC2CCc2ccc(C(F)(F)F)cn2)n1. The number of alkyl halides is 5. The van der Waals surface area contributed by atoms with Gasteiger partial charge in [-0.15, -0.1) is 0 Å². The van der Waals surface area contributed by atoms with Crippen molar-refractivity contribution in [2.75, 3.05) is 6.54 Å². The predicted octanol–water partition coefficient (Wildman–Crippen LogP) is 5.74. The smallest absolute Gasteiger partial charge is 0.334 e. The highest BCUT2D eigenvalue weighted by atomic mass is 19.4. The molecular formula is C25H23F5N4O. The first-order chi connectivity index (χ1) is 16.5. The third kappa shape index (κ3) is 5.80. The highest BCUT2D eigenvalue weighted by Crippen LogP contribution is 2.35. The lowest BCUT2D eigenvalue weighted by Crippen LogP contribution is -2.50. The van der Waals surface area contributed by atoms with Crippen LogP contribution in [0.2, 0.25) is 0 Å². The Kier molecular flexibility index (Phi) is 6.82. The van der Waals surface area contributed by atoms with Gasteiger partial charge in [0, 0.05) is 61.0 Å². The van der Waals surface area contributed by atoms with Crippen molar-refractivity contribution in [3.63, 3.8) is 0 Å². The number of nitrogens with zero attached hydrogens (tertiary/aromatic N) is 4. The zero-order chi connectivity index (χ0) is 25.2. The van der Waals surface area contributed by atoms with Crippen molar-refractivity contribution in [1.82, 2.24) is 19.9 Å². The van der Waals surface area contributed by atoms with Gasteiger partial charge in [0.1, 0.15) is 5.69 Å². The fraction of sp³-hybridized carbons (Fsp3) is 0.360. The maximum atomic E-state index is 14.3. The first kappa shape index (κ1) is 24.7. The van der Waals surface area contributed by atoms with Crippen molar-refractivity contribution in [1.29, 1.82) is 0 Å². The molecule has 3 aromatic rings. The van der Waals surface area contributed by atoms with E-state index in [4.69, 9.17) is 0 Å². The van der Waals surface area contributed by atoms with Gasteiger partial charge in [0.2, 0.25) is 0 Å². The molecule has 0 bridgehead atoms. The summed E-state index contributed by atoms with van der Waals surface area (Å²) in [6, 6.07) is 8.35. The summed E-state index contributed by atoms with van der Waals surface area (Å²) in [5, 5.41) is 0. The van der Waals surface area contributed by atoms with Gasteiger partial charge < -0.3 is 4.90 Å². The molecule has 184 valence electrons. The normalized spacial score (nSPS) is 17.9. The van der Waals surface area contributed by atoms with Crippen LogP contribution < -0.4 is 0 Å². The van der Waals surface area contributed by atoms with Gasteiger partial charge in [0.15, 0.2) is 0 Å². The Morgan fingerprint density at radius 1 is 1.11 bits per heavy atom. The molecular weight excluding hydrogens is 467 g/mol. The van der Waals surface area contributed by atoms with E-state index in [-0.39, 0.29) is 25.1 Å². The molecule has 10 heteroatoms. The Hall–Kier alpha value is -3.43. The van der Waals surface area contributed by atoms with Crippen LogP contribution in [0, 0.1) is 6.92 Å². The summed E-state index contributed by atoms with van der Waals surface area (Å²) >= 11 is 0. The number of rotatable bonds is 5. The van der Waals surface area contributed by atoms with Gasteiger partial charge in [-0.2, -0.15) is 13.2 Å². The van der Waals surface area contributed by atoms with E-state index in [0.29, 0.717) is 17.0 Å². The fourth-order valence-electron chi connectivity index (χ4n) is 4.22. The zero-order valence-electron chi connectivity index (χ0n) is 18.9. The summed E-state index contributed by atoms with van der Waals surface area (Å²) in [4.78, 5) is 27.3. The molecule has 35 heavy (non-hydrogen) atoms. The van der Waals surface area contributed by atoms with Crippen molar-refractivity contribution in [3.05, 3.63) is 77.6 Å². The molecule has 1 fully saturated rings. The van der Waals surface area contributed by atoms with Gasteiger partial charge in [-0.3, -0.25) is 14.8 Å². The second kappa shape index (κ2) is 9.67. The largest absolute Gasteiger partial charge is 0.417 e. The van der Waals surface area contributed by atoms with E-state index >= 15 is 0 Å². The fourth-order valence-corrected chi connectivity index (χ4v) is 4.22. The second-order valence-electron chi connectivity index (χ2n) is 8.62. The number of hydrogen-bond donors (Lipinski definition) is 0. The lowest BCUT2D eigenvalue weighted by atomic mass is 9.93. The van der Waals surface area contributed by atoms with Gasteiger partial charge in [-0.05, 0) is 55.7 Å². The minimum Gasteiger partial charge on any atom is -0.334 e. The van der Waals surface area contributed by atoms with Gasteiger partial charge in [-0.25, -0.2) is 13.8 Å². The standard InChI is InChI=1S/C25H23F5N4O/c1-16-2-7-21(17-8-11-31-12-9-17)22(33-16)23(35)34-13-10-24(26,27)14-20(34)6-5-19-4-3-18(15-32-19)25(28,29)30/h2-4,7-9,11-12,15,20H,5-6,10,13-14H2,1H3. The Labute approximate surface area is 199 Å². The van der Waals surface area contributed by atoms with Crippen LogP contribution in [0.3, 0.4) is 0 Å². The third-order valence-electron chi connectivity index (χ3n) is 6.07. The van der Waals surface area contributed by atoms with Gasteiger partial charge in [0.05, 0.1) is 5.56 Å². The molecule has 1 atom stereocenters. The van der Waals surface area contributed by atoms with Gasteiger partial charge in [0.25, 0.3) is 11.8 Å². The Bertz CT molecular complexity index is 1180. The van der Waals surface area contributed by atoms with E-state index in [0.717, 1.165) is 17.8 Å². The molecule has 1 aliphatic rings. The third-order valence-corrected chi connectivity index (χ3v) is 6.07. The average molecular weight is 490 g/mol. The van der Waals surface area contributed by atoms with Gasteiger partial charge in [-0.1, -0.05) is 6.07 Å². The molecule has 0 spiro atoms. The number of halogens is 5. The van der Waals surface area contributed by atoms with Crippen molar-refractivity contribution in [2.24, 2.45) is 0 Å². The predicted molar refractivity (Wildman–Crippen MR) is 119 cm³/mol. The summed E-state index contributed by atoms with van der Waals surface area (Å²) in [6.07, 6.45) is -1.31. The quantitative estimate of drug-likeness (QED) is 0.428. The van der Waals surface area contributed by atoms with Crippen molar-refractivity contribution >= 4 is 5.91 Å². The number of likely N-dealkylation sites (tertiary alicyclic amines) is 1. The van der Waals surface area contributed by atoms with Crippen LogP contribution in [-0.4, -0.2) is 44.3 Å². The average Bonchev–Trinajstić information content (AvgIpc) is 2.82. The van der Waals surface area contributed by atoms with E-state index in [2.05, 4.69) is 15.0 Å². The molecule has 1 saturated heterocycles. The van der Waals surface area contributed by atoms with E-state index in [1.165, 1.54) is 11.0 Å². The number of amides is 1. The molecule has 1 aliphatic heterocycles. The lowest BCUT2D eigenvalue weighted by Gasteiger charge is -2.39. The van der Waals surface area contributed by atoms with Crippen LogP contribution >= 0.6 is 0 Å². The number of carbonyl (C=O) groups excluding carboxylic acids is 1. The van der Waals surface area contributed by atoms with Crippen LogP contribution in [0.1, 0.15) is 46.7 Å². The molecule has 0 radical (unpaired) electrons. The van der Waals surface area contributed by atoms with Crippen molar-refractivity contribution in [3.8, 4) is 11.1 Å². The second-order valence-corrected chi connectivity index (χ2v) is 8.62. The molecule has 0 saturated carbocycles. The number of piperidine rings is 1. The number of hydrogen-bond acceptors (Lipinski definition) is 4. The monoisotopic (exact) mass is 490 g/mol. The van der Waals surface area contributed by atoms with Crippen molar-refractivity contribution in [2.45, 2.75) is 50.7 Å². The summed E-state index contributed by atoms with van der Waals surface area (Å²) in [5.74, 6) is -3.40. The molecule has 4 rings (SSSR count). The Morgan fingerprint density at radius 2 is 1.86 bits per heavy atom. The van der Waals surface area contributed by atoms with E-state index in [1.54, 1.807) is 43.6 Å². The first-order valence-corrected chi connectivity index (χ1v) is 11.1. The van der Waals surface area contributed by atoms with Crippen LogP contribution in [0.25, 0.3) is 11.1 Å². The number of carbonyl (C=O) groups is 1. The maximum Gasteiger partial charge on any atom is 0.417 e. The van der Waals surface area contributed by atoms with Crippen molar-refractivity contribution < 1.29 is 26.7 Å². The van der Waals surface area contributed by atoms with Crippen LogP contribution in [0.4, 0.5) is 22.0 Å². The van der Waals surface area contributed by atoms with Crippen LogP contribution in [0.15, 0.2) is 55.0 Å². The number of aromatic nitrogens is 3. The molecule has 5 nitrogen and oxygen atoms in total. The zero-order valence-corrected chi connectivity index (χ0v) is 18.9. The summed E-state index contributed by atoms with van der Waals surface area (Å²) < 4.78 is 67.0. The van der Waals surface area contributed by atoms with E-state index in [9.17, 15) is 26.7 Å². The topological polar surface area (TPSA) is 59.0 Å². The lowest BCUT2D eigenvalue weighted by molar-refractivity contribution is -0.137. The summed E-state index contributed by atoms with van der Waals surface area (Å²) in [5.41, 5.74) is 1.53. The summed E-state index contributed by atoms with van der Waals surface area (Å²) in [6.45, 7) is 1.59. The first-order valence-electron chi connectivity index (χ1n) is 11.1.